The average molecular weight is 340 g/mol. The van der Waals surface area contributed by atoms with Crippen molar-refractivity contribution in [2.24, 2.45) is 0 Å². The first-order valence-electron chi connectivity index (χ1n) is 8.60. The van der Waals surface area contributed by atoms with Crippen LogP contribution in [0.2, 0.25) is 0 Å². The minimum Gasteiger partial charge on any atom is -0.448 e. The summed E-state index contributed by atoms with van der Waals surface area (Å²) in [6.07, 6.45) is 1.76. The molecule has 25 heavy (non-hydrogen) atoms. The van der Waals surface area contributed by atoms with E-state index in [9.17, 15) is 9.90 Å². The number of amides is 1. The van der Waals surface area contributed by atoms with Gasteiger partial charge in [0.15, 0.2) is 0 Å². The third-order valence-corrected chi connectivity index (χ3v) is 4.67. The van der Waals surface area contributed by atoms with Crippen LogP contribution in [0.25, 0.3) is 11.1 Å². The normalized spacial score (nSPS) is 17.4. The standard InChI is InChI=1S/C20H24N2O3/c1-22-11-5-8-17(22)14-25-20(24)21-19-10-9-15(13-23)12-18(19)16-6-3-2-4-7-16/h2-4,6-7,9-10,12,17,23H,5,8,11,13-14H2,1H3,(H,21,24)/t17-/m0/s1. The van der Waals surface area contributed by atoms with Crippen LogP contribution in [0.15, 0.2) is 48.5 Å². The van der Waals surface area contributed by atoms with Crippen LogP contribution in [0.3, 0.4) is 0 Å². The smallest absolute Gasteiger partial charge is 0.411 e. The van der Waals surface area contributed by atoms with Crippen LogP contribution in [0.4, 0.5) is 10.5 Å². The molecular formula is C20H24N2O3. The third kappa shape index (κ3) is 4.38. The van der Waals surface area contributed by atoms with Crippen molar-refractivity contribution in [3.05, 3.63) is 54.1 Å². The number of hydrogen-bond donors (Lipinski definition) is 2. The molecule has 1 heterocycles. The third-order valence-electron chi connectivity index (χ3n) is 4.67. The summed E-state index contributed by atoms with van der Waals surface area (Å²) in [6.45, 7) is 1.41. The molecule has 2 aromatic carbocycles. The Morgan fingerprint density at radius 1 is 1.28 bits per heavy atom. The second-order valence-electron chi connectivity index (χ2n) is 6.40. The number of aliphatic hydroxyl groups excluding tert-OH is 1. The Kier molecular flexibility index (Phi) is 5.68. The Morgan fingerprint density at radius 3 is 2.76 bits per heavy atom. The molecule has 1 saturated heterocycles. The van der Waals surface area contributed by atoms with Gasteiger partial charge in [-0.15, -0.1) is 0 Å². The number of nitrogens with one attached hydrogen (secondary N) is 1. The lowest BCUT2D eigenvalue weighted by molar-refractivity contribution is 0.127. The number of rotatable bonds is 5. The van der Waals surface area contributed by atoms with Gasteiger partial charge in [0, 0.05) is 11.6 Å². The largest absolute Gasteiger partial charge is 0.448 e. The highest BCUT2D eigenvalue weighted by Gasteiger charge is 2.22. The first kappa shape index (κ1) is 17.5. The summed E-state index contributed by atoms with van der Waals surface area (Å²) in [7, 11) is 2.06. The van der Waals surface area contributed by atoms with Gasteiger partial charge in [-0.3, -0.25) is 5.32 Å². The van der Waals surface area contributed by atoms with Crippen LogP contribution in [-0.2, 0) is 11.3 Å². The molecule has 1 fully saturated rings. The van der Waals surface area contributed by atoms with Crippen molar-refractivity contribution in [2.45, 2.75) is 25.5 Å². The van der Waals surface area contributed by atoms with Crippen LogP contribution >= 0.6 is 0 Å². The van der Waals surface area contributed by atoms with Gasteiger partial charge in [0.2, 0.25) is 0 Å². The summed E-state index contributed by atoms with van der Waals surface area (Å²) < 4.78 is 5.41. The Morgan fingerprint density at radius 2 is 2.08 bits per heavy atom. The summed E-state index contributed by atoms with van der Waals surface area (Å²) >= 11 is 0. The molecule has 0 spiro atoms. The van der Waals surface area contributed by atoms with E-state index in [-0.39, 0.29) is 6.61 Å². The second kappa shape index (κ2) is 8.14. The van der Waals surface area contributed by atoms with E-state index in [0.717, 1.165) is 36.1 Å². The molecule has 5 nitrogen and oxygen atoms in total. The summed E-state index contributed by atoms with van der Waals surface area (Å²) in [5, 5.41) is 12.2. The molecule has 2 N–H and O–H groups in total. The monoisotopic (exact) mass is 340 g/mol. The molecule has 0 unspecified atom stereocenters. The summed E-state index contributed by atoms with van der Waals surface area (Å²) in [5.41, 5.74) is 3.31. The van der Waals surface area contributed by atoms with E-state index in [0.29, 0.717) is 18.3 Å². The molecule has 132 valence electrons. The van der Waals surface area contributed by atoms with E-state index < -0.39 is 6.09 Å². The van der Waals surface area contributed by atoms with Crippen molar-refractivity contribution in [2.75, 3.05) is 25.5 Å². The van der Waals surface area contributed by atoms with Gasteiger partial charge < -0.3 is 14.7 Å². The number of anilines is 1. The van der Waals surface area contributed by atoms with E-state index in [4.69, 9.17) is 4.74 Å². The molecular weight excluding hydrogens is 316 g/mol. The number of carbonyl (C=O) groups is 1. The highest BCUT2D eigenvalue weighted by Crippen LogP contribution is 2.29. The van der Waals surface area contributed by atoms with Crippen molar-refractivity contribution >= 4 is 11.8 Å². The number of likely N-dealkylation sites (N-methyl/N-ethyl adjacent to an activating group) is 1. The van der Waals surface area contributed by atoms with E-state index >= 15 is 0 Å². The van der Waals surface area contributed by atoms with Crippen LogP contribution in [-0.4, -0.2) is 42.3 Å². The molecule has 1 aliphatic heterocycles. The van der Waals surface area contributed by atoms with Crippen LogP contribution < -0.4 is 5.32 Å². The molecule has 0 aliphatic carbocycles. The zero-order chi connectivity index (χ0) is 17.6. The van der Waals surface area contributed by atoms with Crippen LogP contribution in [0, 0.1) is 0 Å². The van der Waals surface area contributed by atoms with Crippen molar-refractivity contribution in [3.63, 3.8) is 0 Å². The molecule has 0 bridgehead atoms. The predicted molar refractivity (Wildman–Crippen MR) is 98.4 cm³/mol. The highest BCUT2D eigenvalue weighted by atomic mass is 16.5. The quantitative estimate of drug-likeness (QED) is 0.875. The Hall–Kier alpha value is -2.37. The first-order chi connectivity index (χ1) is 12.2. The van der Waals surface area contributed by atoms with Gasteiger partial charge >= 0.3 is 6.09 Å². The maximum absolute atomic E-state index is 12.2. The molecule has 0 radical (unpaired) electrons. The van der Waals surface area contributed by atoms with E-state index in [1.807, 2.05) is 36.4 Å². The number of aliphatic hydroxyl groups is 1. The number of hydrogen-bond acceptors (Lipinski definition) is 4. The van der Waals surface area contributed by atoms with Crippen molar-refractivity contribution in [1.29, 1.82) is 0 Å². The Bertz CT molecular complexity index is 718. The van der Waals surface area contributed by atoms with Crippen LogP contribution in [0.5, 0.6) is 0 Å². The number of carbonyl (C=O) groups excluding carboxylic acids is 1. The summed E-state index contributed by atoms with van der Waals surface area (Å²) in [4.78, 5) is 14.4. The predicted octanol–water partition coefficient (Wildman–Crippen LogP) is 3.49. The lowest BCUT2D eigenvalue weighted by atomic mass is 10.0. The fourth-order valence-electron chi connectivity index (χ4n) is 3.16. The molecule has 0 saturated carbocycles. The second-order valence-corrected chi connectivity index (χ2v) is 6.40. The van der Waals surface area contributed by atoms with Crippen molar-refractivity contribution in [1.82, 2.24) is 4.90 Å². The number of nitrogens with zero attached hydrogens (tertiary/aromatic N) is 1. The lowest BCUT2D eigenvalue weighted by Gasteiger charge is -2.19. The molecule has 2 aromatic rings. The minimum absolute atomic E-state index is 0.0431. The molecule has 1 aliphatic rings. The van der Waals surface area contributed by atoms with Gasteiger partial charge in [-0.1, -0.05) is 36.4 Å². The van der Waals surface area contributed by atoms with E-state index in [1.54, 1.807) is 12.1 Å². The average Bonchev–Trinajstić information content (AvgIpc) is 3.06. The van der Waals surface area contributed by atoms with Crippen LogP contribution in [0.1, 0.15) is 18.4 Å². The van der Waals surface area contributed by atoms with Gasteiger partial charge in [0.05, 0.1) is 12.3 Å². The molecule has 1 atom stereocenters. The fourth-order valence-corrected chi connectivity index (χ4v) is 3.16. The van der Waals surface area contributed by atoms with Crippen molar-refractivity contribution < 1.29 is 14.6 Å². The maximum atomic E-state index is 12.2. The van der Waals surface area contributed by atoms with Gasteiger partial charge in [-0.2, -0.15) is 0 Å². The molecule has 5 heteroatoms. The van der Waals surface area contributed by atoms with Gasteiger partial charge in [-0.25, -0.2) is 4.79 Å². The molecule has 1 amide bonds. The van der Waals surface area contributed by atoms with Gasteiger partial charge in [0.1, 0.15) is 6.61 Å². The summed E-state index contributed by atoms with van der Waals surface area (Å²) in [6, 6.07) is 15.6. The first-order valence-corrected chi connectivity index (χ1v) is 8.60. The van der Waals surface area contributed by atoms with Crippen molar-refractivity contribution in [3.8, 4) is 11.1 Å². The van der Waals surface area contributed by atoms with E-state index in [2.05, 4.69) is 17.3 Å². The summed E-state index contributed by atoms with van der Waals surface area (Å²) in [5.74, 6) is 0. The number of benzene rings is 2. The lowest BCUT2D eigenvalue weighted by Crippen LogP contribution is -2.31. The number of ether oxygens (including phenoxy) is 1. The highest BCUT2D eigenvalue weighted by molar-refractivity contribution is 5.91. The maximum Gasteiger partial charge on any atom is 0.411 e. The molecule has 3 rings (SSSR count). The number of likely N-dealkylation sites (tertiary alicyclic amines) is 1. The van der Waals surface area contributed by atoms with Gasteiger partial charge in [0.25, 0.3) is 0 Å². The SMILES string of the molecule is CN1CCC[C@H]1COC(=O)Nc1ccc(CO)cc1-c1ccccc1. The van der Waals surface area contributed by atoms with Gasteiger partial charge in [-0.05, 0) is 49.7 Å². The molecule has 0 aromatic heterocycles. The Balaban J connectivity index is 1.72. The zero-order valence-electron chi connectivity index (χ0n) is 14.4. The zero-order valence-corrected chi connectivity index (χ0v) is 14.4. The van der Waals surface area contributed by atoms with E-state index in [1.165, 1.54) is 0 Å². The fraction of sp³-hybridized carbons (Fsp3) is 0.350. The topological polar surface area (TPSA) is 61.8 Å². The Labute approximate surface area is 148 Å². The minimum atomic E-state index is -0.450.